The number of para-hydroxylation sites is 2. The Morgan fingerprint density at radius 3 is 2.53 bits per heavy atom. The Morgan fingerprint density at radius 2 is 1.79 bits per heavy atom. The van der Waals surface area contributed by atoms with Crippen LogP contribution >= 0.6 is 11.3 Å². The number of carbonyl (C=O) groups excluding carboxylic acids is 1. The number of nitrogens with zero attached hydrogens (tertiary/aromatic N) is 6. The summed E-state index contributed by atoms with van der Waals surface area (Å²) in [6.45, 7) is 5.17. The molecule has 1 fully saturated rings. The van der Waals surface area contributed by atoms with Crippen molar-refractivity contribution in [3.8, 4) is 10.7 Å². The number of benzene rings is 1. The highest BCUT2D eigenvalue weighted by atomic mass is 32.1. The Morgan fingerprint density at radius 1 is 1.03 bits per heavy atom. The molecule has 4 heterocycles. The van der Waals surface area contributed by atoms with Crippen LogP contribution in [0, 0.1) is 0 Å². The van der Waals surface area contributed by atoms with Crippen LogP contribution in [0.5, 0.6) is 0 Å². The van der Waals surface area contributed by atoms with Gasteiger partial charge < -0.3 is 19.9 Å². The van der Waals surface area contributed by atoms with Gasteiger partial charge in [-0.2, -0.15) is 0 Å². The van der Waals surface area contributed by atoms with Crippen molar-refractivity contribution in [2.45, 2.75) is 13.5 Å². The van der Waals surface area contributed by atoms with Gasteiger partial charge in [0.2, 0.25) is 0 Å². The smallest absolute Gasteiger partial charge is 0.409 e. The van der Waals surface area contributed by atoms with Gasteiger partial charge in [0.05, 0.1) is 35.6 Å². The lowest BCUT2D eigenvalue weighted by molar-refractivity contribution is 0.105. The molecule has 5 rings (SSSR count). The minimum atomic E-state index is -0.266. The number of pyridine rings is 1. The van der Waals surface area contributed by atoms with E-state index in [1.807, 2.05) is 54.8 Å². The minimum absolute atomic E-state index is 0.266. The maximum Gasteiger partial charge on any atom is 0.409 e. The number of thiazole rings is 1. The Labute approximate surface area is 201 Å². The molecule has 10 heteroatoms. The first-order valence-electron chi connectivity index (χ1n) is 11.2. The van der Waals surface area contributed by atoms with E-state index in [1.54, 1.807) is 22.4 Å². The van der Waals surface area contributed by atoms with Crippen LogP contribution < -0.4 is 10.2 Å². The number of nitrogens with one attached hydrogen (secondary N) is 1. The Balaban J connectivity index is 1.35. The van der Waals surface area contributed by atoms with Crippen LogP contribution in [0.1, 0.15) is 12.6 Å². The third-order valence-corrected chi connectivity index (χ3v) is 6.44. The number of piperazine rings is 1. The molecule has 9 nitrogen and oxygen atoms in total. The molecule has 1 saturated heterocycles. The summed E-state index contributed by atoms with van der Waals surface area (Å²) >= 11 is 1.57. The van der Waals surface area contributed by atoms with Crippen molar-refractivity contribution in [2.75, 3.05) is 43.0 Å². The zero-order chi connectivity index (χ0) is 23.3. The monoisotopic (exact) mass is 475 g/mol. The molecule has 34 heavy (non-hydrogen) atoms. The lowest BCUT2D eigenvalue weighted by Crippen LogP contribution is -2.49. The van der Waals surface area contributed by atoms with Gasteiger partial charge in [-0.3, -0.25) is 4.98 Å². The summed E-state index contributed by atoms with van der Waals surface area (Å²) in [7, 11) is 0. The van der Waals surface area contributed by atoms with E-state index in [2.05, 4.69) is 15.2 Å². The van der Waals surface area contributed by atoms with Crippen molar-refractivity contribution in [2.24, 2.45) is 0 Å². The molecule has 4 aromatic rings. The zero-order valence-electron chi connectivity index (χ0n) is 18.8. The number of amides is 1. The Hall–Kier alpha value is -3.79. The summed E-state index contributed by atoms with van der Waals surface area (Å²) in [6, 6.07) is 13.6. The van der Waals surface area contributed by atoms with Crippen molar-refractivity contribution < 1.29 is 9.53 Å². The highest BCUT2D eigenvalue weighted by molar-refractivity contribution is 7.13. The maximum atomic E-state index is 12.1. The number of aromatic nitrogens is 4. The minimum Gasteiger partial charge on any atom is -0.450 e. The van der Waals surface area contributed by atoms with Crippen LogP contribution in [0.4, 0.5) is 16.4 Å². The average Bonchev–Trinajstić information content (AvgIpc) is 3.37. The number of anilines is 2. The number of hydrogen-bond donors (Lipinski definition) is 1. The van der Waals surface area contributed by atoms with Gasteiger partial charge in [-0.05, 0) is 31.2 Å². The van der Waals surface area contributed by atoms with E-state index >= 15 is 0 Å². The largest absolute Gasteiger partial charge is 0.450 e. The molecule has 1 aliphatic rings. The van der Waals surface area contributed by atoms with Crippen LogP contribution in [0.25, 0.3) is 21.7 Å². The maximum absolute atomic E-state index is 12.1. The van der Waals surface area contributed by atoms with Crippen molar-refractivity contribution in [3.63, 3.8) is 0 Å². The molecule has 0 aliphatic carbocycles. The molecule has 1 aromatic carbocycles. The molecule has 3 aromatic heterocycles. The van der Waals surface area contributed by atoms with Crippen molar-refractivity contribution in [1.29, 1.82) is 0 Å². The third kappa shape index (κ3) is 4.76. The normalized spacial score (nSPS) is 13.8. The topological polar surface area (TPSA) is 96.4 Å². The first kappa shape index (κ1) is 22.0. The second-order valence-electron chi connectivity index (χ2n) is 7.77. The molecule has 0 unspecified atom stereocenters. The van der Waals surface area contributed by atoms with E-state index in [0.717, 1.165) is 33.2 Å². The zero-order valence-corrected chi connectivity index (χ0v) is 19.7. The standard InChI is InChI=1S/C24H25N7O2S/c1-2-33-24(32)31-13-11-30(12-14-31)22-21(28-18-7-3-4-8-19(18)29-22)26-15-17-16-34-23(27-17)20-9-5-6-10-25-20/h3-10,16H,2,11-15H2,1H3,(H,26,28). The van der Waals surface area contributed by atoms with Gasteiger partial charge in [-0.15, -0.1) is 11.3 Å². The molecule has 1 N–H and O–H groups in total. The van der Waals surface area contributed by atoms with Gasteiger partial charge in [-0.1, -0.05) is 18.2 Å². The quantitative estimate of drug-likeness (QED) is 0.446. The van der Waals surface area contributed by atoms with Gasteiger partial charge in [0.25, 0.3) is 0 Å². The van der Waals surface area contributed by atoms with E-state index in [-0.39, 0.29) is 6.09 Å². The second kappa shape index (κ2) is 10.0. The lowest BCUT2D eigenvalue weighted by Gasteiger charge is -2.35. The van der Waals surface area contributed by atoms with Crippen LogP contribution in [0.15, 0.2) is 54.0 Å². The highest BCUT2D eigenvalue weighted by Crippen LogP contribution is 2.27. The molecule has 0 bridgehead atoms. The number of fused-ring (bicyclic) bond motifs is 1. The Kier molecular flexibility index (Phi) is 6.48. The molecule has 1 amide bonds. The average molecular weight is 476 g/mol. The lowest BCUT2D eigenvalue weighted by atomic mass is 10.2. The van der Waals surface area contributed by atoms with Gasteiger partial charge in [0.15, 0.2) is 11.6 Å². The summed E-state index contributed by atoms with van der Waals surface area (Å²) in [5.41, 5.74) is 3.44. The predicted octanol–water partition coefficient (Wildman–Crippen LogP) is 4.04. The fraction of sp³-hybridized carbons (Fsp3) is 0.292. The van der Waals surface area contributed by atoms with Gasteiger partial charge in [0, 0.05) is 37.8 Å². The summed E-state index contributed by atoms with van der Waals surface area (Å²) in [4.78, 5) is 34.8. The number of ether oxygens (including phenoxy) is 1. The second-order valence-corrected chi connectivity index (χ2v) is 8.63. The first-order chi connectivity index (χ1) is 16.7. The summed E-state index contributed by atoms with van der Waals surface area (Å²) in [6.07, 6.45) is 1.50. The highest BCUT2D eigenvalue weighted by Gasteiger charge is 2.25. The molecule has 174 valence electrons. The molecular formula is C24H25N7O2S. The predicted molar refractivity (Wildman–Crippen MR) is 133 cm³/mol. The van der Waals surface area contributed by atoms with Gasteiger partial charge >= 0.3 is 6.09 Å². The fourth-order valence-corrected chi connectivity index (χ4v) is 4.61. The SMILES string of the molecule is CCOC(=O)N1CCN(c2nc3ccccc3nc2NCc2csc(-c3ccccn3)n2)CC1. The summed E-state index contributed by atoms with van der Waals surface area (Å²) < 4.78 is 5.14. The molecule has 0 saturated carbocycles. The van der Waals surface area contributed by atoms with Crippen molar-refractivity contribution >= 4 is 40.1 Å². The molecule has 1 aliphatic heterocycles. The van der Waals surface area contributed by atoms with E-state index in [4.69, 9.17) is 19.7 Å². The van der Waals surface area contributed by atoms with E-state index in [0.29, 0.717) is 45.1 Å². The van der Waals surface area contributed by atoms with Crippen molar-refractivity contribution in [1.82, 2.24) is 24.8 Å². The number of rotatable bonds is 6. The van der Waals surface area contributed by atoms with Crippen LogP contribution in [0.3, 0.4) is 0 Å². The summed E-state index contributed by atoms with van der Waals surface area (Å²) in [5.74, 6) is 1.48. The van der Waals surface area contributed by atoms with Crippen LogP contribution in [-0.4, -0.2) is 63.7 Å². The molecule has 0 spiro atoms. The van der Waals surface area contributed by atoms with Crippen molar-refractivity contribution in [3.05, 3.63) is 59.7 Å². The molecule has 0 atom stereocenters. The van der Waals surface area contributed by atoms with Gasteiger partial charge in [0.1, 0.15) is 5.01 Å². The van der Waals surface area contributed by atoms with E-state index in [9.17, 15) is 4.79 Å². The van der Waals surface area contributed by atoms with Crippen LogP contribution in [-0.2, 0) is 11.3 Å². The van der Waals surface area contributed by atoms with Gasteiger partial charge in [-0.25, -0.2) is 19.7 Å². The Bertz CT molecular complexity index is 1270. The third-order valence-electron chi connectivity index (χ3n) is 5.53. The summed E-state index contributed by atoms with van der Waals surface area (Å²) in [5, 5.41) is 6.36. The van der Waals surface area contributed by atoms with Crippen LogP contribution in [0.2, 0.25) is 0 Å². The fourth-order valence-electron chi connectivity index (χ4n) is 3.81. The number of carbonyl (C=O) groups is 1. The van der Waals surface area contributed by atoms with E-state index < -0.39 is 0 Å². The number of hydrogen-bond acceptors (Lipinski definition) is 9. The molecular weight excluding hydrogens is 450 g/mol. The molecule has 0 radical (unpaired) electrons. The van der Waals surface area contributed by atoms with E-state index in [1.165, 1.54) is 0 Å². The first-order valence-corrected chi connectivity index (χ1v) is 12.1.